The highest BCUT2D eigenvalue weighted by atomic mass is 35.5. The zero-order valence-electron chi connectivity index (χ0n) is 21.6. The van der Waals surface area contributed by atoms with Crippen molar-refractivity contribution >= 4 is 47.4 Å². The van der Waals surface area contributed by atoms with Gasteiger partial charge in [-0.3, -0.25) is 0 Å². The number of ether oxygens (including phenoxy) is 2. The molecule has 2 heterocycles. The maximum Gasteiger partial charge on any atom is 0.488 e. The van der Waals surface area contributed by atoms with Crippen molar-refractivity contribution in [3.63, 3.8) is 0 Å². The number of benzene rings is 2. The zero-order chi connectivity index (χ0) is 28.4. The van der Waals surface area contributed by atoms with Crippen molar-refractivity contribution in [1.82, 2.24) is 29.9 Å². The van der Waals surface area contributed by atoms with E-state index in [1.165, 1.54) is 25.3 Å². The molecule has 0 radical (unpaired) electrons. The van der Waals surface area contributed by atoms with Crippen LogP contribution < -0.4 is 14.9 Å². The summed E-state index contributed by atoms with van der Waals surface area (Å²) in [7, 11) is 1.56. The monoisotopic (exact) mass is 578 g/mol. The Kier molecular flexibility index (Phi) is 12.1. The molecule has 0 spiro atoms. The lowest BCUT2D eigenvalue weighted by Crippen LogP contribution is -2.29. The van der Waals surface area contributed by atoms with Gasteiger partial charge in [0.2, 0.25) is 15.9 Å². The lowest BCUT2D eigenvalue weighted by molar-refractivity contribution is 0.378. The summed E-state index contributed by atoms with van der Waals surface area (Å²) >= 11 is 16.6. The Bertz CT molecular complexity index is 1360. The highest BCUT2D eigenvalue weighted by Crippen LogP contribution is 2.21. The van der Waals surface area contributed by atoms with E-state index in [0.717, 1.165) is 16.7 Å². The van der Waals surface area contributed by atoms with Crippen molar-refractivity contribution in [2.24, 2.45) is 0 Å². The summed E-state index contributed by atoms with van der Waals surface area (Å²) in [6.07, 6.45) is 0. The van der Waals surface area contributed by atoms with Crippen LogP contribution in [0, 0.1) is 27.7 Å². The minimum Gasteiger partial charge on any atom is -0.467 e. The van der Waals surface area contributed by atoms with E-state index in [1.807, 2.05) is 45.0 Å². The molecular formula is C24H26BCl3N6O4. The van der Waals surface area contributed by atoms with Crippen molar-refractivity contribution < 1.29 is 19.5 Å². The third kappa shape index (κ3) is 9.66. The van der Waals surface area contributed by atoms with Crippen LogP contribution in [0.25, 0.3) is 11.4 Å². The van der Waals surface area contributed by atoms with E-state index in [-0.39, 0.29) is 27.9 Å². The Morgan fingerprint density at radius 2 is 1.08 bits per heavy atom. The van der Waals surface area contributed by atoms with E-state index in [4.69, 9.17) is 49.6 Å². The number of aromatic nitrogens is 6. The van der Waals surface area contributed by atoms with Gasteiger partial charge in [-0.2, -0.15) is 29.9 Å². The number of aryl methyl sites for hydroxylation is 4. The summed E-state index contributed by atoms with van der Waals surface area (Å²) in [6, 6.07) is 11.7. The van der Waals surface area contributed by atoms with Crippen molar-refractivity contribution in [1.29, 1.82) is 0 Å². The van der Waals surface area contributed by atoms with Crippen LogP contribution in [-0.4, -0.2) is 61.3 Å². The first-order valence-corrected chi connectivity index (χ1v) is 12.1. The molecule has 10 nitrogen and oxygen atoms in total. The highest BCUT2D eigenvalue weighted by molar-refractivity contribution is 6.58. The standard InChI is InChI=1S/C12H12ClN3O.C8H11BO2.C4H3Cl2N3O/c1-7-4-5-9(6-8(7)2)10-14-11(13)16-12(15-10)17-3;1-6-3-4-8(9(10)11)5-7(6)2;1-10-4-8-2(5)7-3(6)9-4/h4-6H,1-3H3;3-5,10-11H,1-2H3;1H3. The quantitative estimate of drug-likeness (QED) is 0.342. The molecule has 14 heteroatoms. The molecule has 0 amide bonds. The van der Waals surface area contributed by atoms with Crippen LogP contribution in [0.15, 0.2) is 36.4 Å². The summed E-state index contributed by atoms with van der Waals surface area (Å²) in [4.78, 5) is 22.8. The van der Waals surface area contributed by atoms with Gasteiger partial charge >= 0.3 is 19.1 Å². The van der Waals surface area contributed by atoms with E-state index in [1.54, 1.807) is 12.1 Å². The fourth-order valence-corrected chi connectivity index (χ4v) is 3.26. The van der Waals surface area contributed by atoms with E-state index in [2.05, 4.69) is 41.6 Å². The van der Waals surface area contributed by atoms with Gasteiger partial charge < -0.3 is 19.5 Å². The maximum absolute atomic E-state index is 8.79. The number of nitrogens with zero attached hydrogens (tertiary/aromatic N) is 6. The molecule has 200 valence electrons. The van der Waals surface area contributed by atoms with Crippen LogP contribution >= 0.6 is 34.8 Å². The summed E-state index contributed by atoms with van der Waals surface area (Å²) in [5, 5.41) is 17.8. The van der Waals surface area contributed by atoms with Crippen molar-refractivity contribution in [2.45, 2.75) is 27.7 Å². The smallest absolute Gasteiger partial charge is 0.467 e. The Morgan fingerprint density at radius 3 is 1.55 bits per heavy atom. The summed E-state index contributed by atoms with van der Waals surface area (Å²) < 4.78 is 9.61. The van der Waals surface area contributed by atoms with Gasteiger partial charge in [0.05, 0.1) is 14.2 Å². The lowest BCUT2D eigenvalue weighted by Gasteiger charge is -2.05. The SMILES string of the molecule is COc1nc(Cl)nc(-c2ccc(C)c(C)c2)n1.COc1nc(Cl)nc(Cl)n1.Cc1ccc(B(O)O)cc1C. The van der Waals surface area contributed by atoms with Crippen molar-refractivity contribution in [2.75, 3.05) is 14.2 Å². The van der Waals surface area contributed by atoms with Crippen molar-refractivity contribution in [3.8, 4) is 23.4 Å². The first-order chi connectivity index (χ1) is 17.9. The van der Waals surface area contributed by atoms with Crippen molar-refractivity contribution in [3.05, 3.63) is 74.5 Å². The molecule has 38 heavy (non-hydrogen) atoms. The largest absolute Gasteiger partial charge is 0.488 e. The molecule has 2 aromatic heterocycles. The predicted molar refractivity (Wildman–Crippen MR) is 148 cm³/mol. The first-order valence-electron chi connectivity index (χ1n) is 11.0. The van der Waals surface area contributed by atoms with Crippen LogP contribution in [0.2, 0.25) is 15.9 Å². The van der Waals surface area contributed by atoms with Crippen LogP contribution in [0.3, 0.4) is 0 Å². The molecule has 0 saturated heterocycles. The second-order valence-electron chi connectivity index (χ2n) is 7.79. The average Bonchev–Trinajstić information content (AvgIpc) is 2.87. The van der Waals surface area contributed by atoms with Gasteiger partial charge in [-0.25, -0.2) is 0 Å². The van der Waals surface area contributed by atoms with E-state index < -0.39 is 7.12 Å². The average molecular weight is 580 g/mol. The first kappa shape index (κ1) is 31.1. The maximum atomic E-state index is 8.79. The van der Waals surface area contributed by atoms with Gasteiger partial charge in [0.15, 0.2) is 5.82 Å². The molecule has 2 N–H and O–H groups in total. The molecule has 0 atom stereocenters. The molecule has 0 saturated carbocycles. The summed E-state index contributed by atoms with van der Waals surface area (Å²) in [5.74, 6) is 0.518. The molecular weight excluding hydrogens is 553 g/mol. The highest BCUT2D eigenvalue weighted by Gasteiger charge is 2.10. The van der Waals surface area contributed by atoms with E-state index in [0.29, 0.717) is 11.3 Å². The minimum absolute atomic E-state index is 0.0249. The Labute approximate surface area is 236 Å². The molecule has 0 aliphatic carbocycles. The van der Waals surface area contributed by atoms with Gasteiger partial charge in [-0.15, -0.1) is 0 Å². The fourth-order valence-electron chi connectivity index (χ4n) is 2.76. The number of hydrogen-bond acceptors (Lipinski definition) is 10. The number of methoxy groups -OCH3 is 2. The summed E-state index contributed by atoms with van der Waals surface area (Å²) in [6.45, 7) is 8.03. The van der Waals surface area contributed by atoms with Gasteiger partial charge in [-0.1, -0.05) is 30.3 Å². The topological polar surface area (TPSA) is 136 Å². The fraction of sp³-hybridized carbons (Fsp3) is 0.250. The molecule has 2 aromatic carbocycles. The normalized spacial score (nSPS) is 9.97. The van der Waals surface area contributed by atoms with Gasteiger partial charge in [0, 0.05) is 5.56 Å². The zero-order valence-corrected chi connectivity index (χ0v) is 23.8. The van der Waals surface area contributed by atoms with Crippen LogP contribution in [-0.2, 0) is 0 Å². The Hall–Kier alpha value is -3.09. The van der Waals surface area contributed by atoms with Crippen LogP contribution in [0.1, 0.15) is 22.3 Å². The minimum atomic E-state index is -1.35. The molecule has 0 unspecified atom stereocenters. The number of rotatable bonds is 4. The predicted octanol–water partition coefficient (Wildman–Crippen LogP) is 3.99. The molecule has 0 aliphatic heterocycles. The van der Waals surface area contributed by atoms with Crippen LogP contribution in [0.4, 0.5) is 0 Å². The molecule has 4 aromatic rings. The van der Waals surface area contributed by atoms with Gasteiger partial charge in [0.25, 0.3) is 0 Å². The number of halogens is 3. The third-order valence-corrected chi connectivity index (χ3v) is 5.61. The van der Waals surface area contributed by atoms with E-state index in [9.17, 15) is 0 Å². The Balaban J connectivity index is 0.000000211. The lowest BCUT2D eigenvalue weighted by atomic mass is 9.79. The van der Waals surface area contributed by atoms with Gasteiger partial charge in [-0.05, 0) is 96.3 Å². The van der Waals surface area contributed by atoms with Crippen LogP contribution in [0.5, 0.6) is 12.0 Å². The second kappa shape index (κ2) is 14.7. The molecule has 4 rings (SSSR count). The molecule has 0 aliphatic rings. The van der Waals surface area contributed by atoms with Gasteiger partial charge in [0.1, 0.15) is 0 Å². The number of hydrogen-bond donors (Lipinski definition) is 2. The molecule has 0 fully saturated rings. The molecule has 0 bridgehead atoms. The van der Waals surface area contributed by atoms with E-state index >= 15 is 0 Å². The Morgan fingerprint density at radius 1 is 0.605 bits per heavy atom. The second-order valence-corrected chi connectivity index (χ2v) is 8.81. The third-order valence-electron chi connectivity index (χ3n) is 5.11. The summed E-state index contributed by atoms with van der Waals surface area (Å²) in [5.41, 5.74) is 6.09.